The lowest BCUT2D eigenvalue weighted by Crippen LogP contribution is -2.57. The molecular weight excluding hydrogens is 1050 g/mol. The number of amides is 9. The first-order valence-electron chi connectivity index (χ1n) is 26.7. The second-order valence-corrected chi connectivity index (χ2v) is 23.1. The fourth-order valence-electron chi connectivity index (χ4n) is 9.43. The highest BCUT2D eigenvalue weighted by molar-refractivity contribution is 6.02. The van der Waals surface area contributed by atoms with Gasteiger partial charge >= 0.3 is 11.9 Å². The van der Waals surface area contributed by atoms with E-state index < -0.39 is 161 Å². The van der Waals surface area contributed by atoms with Crippen molar-refractivity contribution in [1.29, 1.82) is 0 Å². The molecule has 26 heteroatoms. The molecule has 0 radical (unpaired) electrons. The molecule has 26 nitrogen and oxygen atoms in total. The zero-order chi connectivity index (χ0) is 61.5. The molecule has 1 aromatic carbocycles. The van der Waals surface area contributed by atoms with Gasteiger partial charge in [0.15, 0.2) is 0 Å². The van der Waals surface area contributed by atoms with Crippen molar-refractivity contribution in [3.63, 3.8) is 0 Å². The van der Waals surface area contributed by atoms with Crippen LogP contribution in [-0.4, -0.2) is 178 Å². The van der Waals surface area contributed by atoms with Gasteiger partial charge < -0.3 is 78.5 Å². The number of carboxylic acid groups (broad SMARTS) is 2. The smallest absolute Gasteiger partial charge is 0.338 e. The van der Waals surface area contributed by atoms with Crippen molar-refractivity contribution >= 4 is 65.1 Å². The first kappa shape index (κ1) is 71.2. The van der Waals surface area contributed by atoms with Gasteiger partial charge in [0.05, 0.1) is 37.5 Å². The van der Waals surface area contributed by atoms with Crippen LogP contribution in [-0.2, 0) is 59.2 Å². The highest BCUT2D eigenvalue weighted by atomic mass is 16.4. The Morgan fingerprint density at radius 2 is 0.887 bits per heavy atom. The number of hydrogen-bond acceptors (Lipinski definition) is 15. The van der Waals surface area contributed by atoms with Crippen molar-refractivity contribution in [2.75, 3.05) is 39.3 Å². The van der Waals surface area contributed by atoms with E-state index in [0.29, 0.717) is 5.56 Å². The number of carbonyl (C=O) groups excluding carboxylic acids is 9. The minimum atomic E-state index is -2.30. The zero-order valence-electron chi connectivity index (χ0n) is 48.2. The summed E-state index contributed by atoms with van der Waals surface area (Å²) < 4.78 is 0. The predicted octanol–water partition coefficient (Wildman–Crippen LogP) is -1.64. The van der Waals surface area contributed by atoms with Gasteiger partial charge in [-0.3, -0.25) is 43.2 Å². The van der Waals surface area contributed by atoms with E-state index >= 15 is 4.79 Å². The molecule has 10 atom stereocenters. The number of rotatable bonds is 36. The number of carboxylic acids is 2. The molecule has 1 rings (SSSR count). The van der Waals surface area contributed by atoms with Gasteiger partial charge in [-0.2, -0.15) is 0 Å². The van der Waals surface area contributed by atoms with E-state index in [4.69, 9.17) is 10.2 Å². The third kappa shape index (κ3) is 25.1. The molecule has 0 aliphatic heterocycles. The van der Waals surface area contributed by atoms with Crippen LogP contribution in [0.1, 0.15) is 121 Å². The number of benzene rings is 1. The van der Waals surface area contributed by atoms with Crippen LogP contribution in [0.2, 0.25) is 0 Å². The molecule has 0 fully saturated rings. The molecule has 0 saturated heterocycles. The Labute approximate surface area is 467 Å². The molecule has 0 aliphatic rings. The Morgan fingerprint density at radius 3 is 1.38 bits per heavy atom. The van der Waals surface area contributed by atoms with Crippen LogP contribution < -0.4 is 47.9 Å². The van der Waals surface area contributed by atoms with Crippen molar-refractivity contribution in [2.45, 2.75) is 164 Å². The molecule has 9 amide bonds. The van der Waals surface area contributed by atoms with Gasteiger partial charge in [0.2, 0.25) is 59.2 Å². The van der Waals surface area contributed by atoms with Crippen molar-refractivity contribution < 1.29 is 83.4 Å². The first-order valence-corrected chi connectivity index (χ1v) is 26.7. The van der Waals surface area contributed by atoms with Crippen LogP contribution in [0.3, 0.4) is 0 Å². The van der Waals surface area contributed by atoms with E-state index in [1.54, 1.807) is 63.3 Å². The lowest BCUT2D eigenvalue weighted by atomic mass is 9.60. The topological polar surface area (TPSA) is 417 Å². The summed E-state index contributed by atoms with van der Waals surface area (Å²) in [6, 6.07) is 3.31. The van der Waals surface area contributed by atoms with Gasteiger partial charge in [0.25, 0.3) is 0 Å². The third-order valence-electron chi connectivity index (χ3n) is 13.0. The second-order valence-electron chi connectivity index (χ2n) is 23.1. The molecule has 8 unspecified atom stereocenters. The Kier molecular flexibility index (Phi) is 28.9. The van der Waals surface area contributed by atoms with Crippen LogP contribution in [0.15, 0.2) is 30.3 Å². The molecule has 0 heterocycles. The first-order chi connectivity index (χ1) is 36.9. The van der Waals surface area contributed by atoms with Crippen LogP contribution >= 0.6 is 0 Å². The maximum Gasteiger partial charge on any atom is 0.338 e. The average molecular weight is 1140 g/mol. The lowest BCUT2D eigenvalue weighted by molar-refractivity contribution is -0.153. The molecular formula is C54H89N9O17. The molecule has 80 heavy (non-hydrogen) atoms. The number of aliphatic carboxylic acids is 2. The zero-order valence-corrected chi connectivity index (χ0v) is 48.2. The number of hydrogen-bond donors (Lipinski definition) is 15. The van der Waals surface area contributed by atoms with Gasteiger partial charge in [-0.05, 0) is 71.3 Å². The molecule has 0 spiro atoms. The molecule has 0 aliphatic carbocycles. The quantitative estimate of drug-likeness (QED) is 0.0335. The van der Waals surface area contributed by atoms with Gasteiger partial charge in [0, 0.05) is 60.2 Å². The summed E-state index contributed by atoms with van der Waals surface area (Å²) >= 11 is 0. The van der Waals surface area contributed by atoms with Gasteiger partial charge in [-0.25, -0.2) is 9.59 Å². The van der Waals surface area contributed by atoms with E-state index in [2.05, 4.69) is 42.5 Å². The van der Waals surface area contributed by atoms with Crippen molar-refractivity contribution in [2.24, 2.45) is 33.5 Å². The summed E-state index contributed by atoms with van der Waals surface area (Å²) in [4.78, 5) is 148. The molecule has 15 N–H and O–H groups in total. The number of aliphatic hydroxyl groups excluding tert-OH is 4. The molecule has 452 valence electrons. The largest absolute Gasteiger partial charge is 0.479 e. The Morgan fingerprint density at radius 1 is 0.463 bits per heavy atom. The maximum absolute atomic E-state index is 15.2. The van der Waals surface area contributed by atoms with E-state index in [1.165, 1.54) is 55.4 Å². The Balaban J connectivity index is 3.95. The van der Waals surface area contributed by atoms with Crippen LogP contribution in [0, 0.1) is 33.5 Å². The second kappa shape index (κ2) is 32.5. The molecule has 0 bridgehead atoms. The van der Waals surface area contributed by atoms with E-state index in [1.807, 2.05) is 0 Å². The van der Waals surface area contributed by atoms with E-state index in [0.717, 1.165) is 0 Å². The molecule has 1 aromatic rings. The highest BCUT2D eigenvalue weighted by Crippen LogP contribution is 2.49. The Hall–Kier alpha value is -6.77. The summed E-state index contributed by atoms with van der Waals surface area (Å²) in [6.45, 7) is 15.9. The summed E-state index contributed by atoms with van der Waals surface area (Å²) in [5.41, 5.74) is -6.13. The number of carbonyl (C=O) groups is 11. The van der Waals surface area contributed by atoms with Gasteiger partial charge in [-0.15, -0.1) is 0 Å². The predicted molar refractivity (Wildman–Crippen MR) is 291 cm³/mol. The van der Waals surface area contributed by atoms with Gasteiger partial charge in [-0.1, -0.05) is 85.7 Å². The lowest BCUT2D eigenvalue weighted by Gasteiger charge is -2.44. The average Bonchev–Trinajstić information content (AvgIpc) is 3.34. The van der Waals surface area contributed by atoms with Crippen LogP contribution in [0.4, 0.5) is 0 Å². The summed E-state index contributed by atoms with van der Waals surface area (Å²) in [5, 5.41) is 81.0. The molecule has 0 aromatic heterocycles. The van der Waals surface area contributed by atoms with Crippen molar-refractivity contribution in [1.82, 2.24) is 47.9 Å². The van der Waals surface area contributed by atoms with Crippen molar-refractivity contribution in [3.8, 4) is 0 Å². The Bertz CT molecular complexity index is 2280. The van der Waals surface area contributed by atoms with Crippen molar-refractivity contribution in [3.05, 3.63) is 35.9 Å². The maximum atomic E-state index is 15.2. The van der Waals surface area contributed by atoms with Gasteiger partial charge in [0.1, 0.15) is 12.1 Å². The van der Waals surface area contributed by atoms with Crippen LogP contribution in [0.25, 0.3) is 0 Å². The number of aliphatic hydroxyl groups is 4. The summed E-state index contributed by atoms with van der Waals surface area (Å²) in [5.74, 6) is -12.2. The highest BCUT2D eigenvalue weighted by Gasteiger charge is 2.52. The number of nitrogens with one attached hydrogen (secondary N) is 9. The minimum absolute atomic E-state index is 0.00626. The van der Waals surface area contributed by atoms with E-state index in [-0.39, 0.29) is 57.8 Å². The normalized spacial score (nSPS) is 16.4. The standard InChI is InChI=1S/C54H89N9O17/c1-30(2)18-37(43(71)56-25-40(69)63-41(45(73)74)46(75)76)62-44(72)38(19-36-16-14-13-15-17-36)61-39(68)26-60-50(80)54(12,28-52(10,48(78)58-23-34(6)66)20-31(3)42(70)55-21-32(4)64)29-53(11,49(79)59-24-35(7)67)27-51(8,9)47(77)57-22-33(5)65/h13-17,30-35,37-38,41,64-67H,18-29H2,1-12H3,(H,55,70)(H,56,71)(H,57,77)(H,58,78)(H,59,79)(H,60,80)(H,61,68)(H,62,72)(H,63,69)(H,73,74)(H,75,76)/t31?,32?,33?,34?,35?,37-,38-,52?,53?,54?/m0/s1. The SMILES string of the molecule is CC(C)C[C@H](NC(=O)[C@H](Cc1ccccc1)NC(=O)CNC(=O)C(C)(CC(C)(CC(C)C(=O)NCC(C)O)C(=O)NCC(C)O)CC(C)(CC(C)(C)C(=O)NCC(C)O)C(=O)NCC(C)O)C(=O)NCC(=O)NC(C(=O)O)C(=O)O. The minimum Gasteiger partial charge on any atom is -0.479 e. The fraction of sp³-hybridized carbons (Fsp3) is 0.685. The monoisotopic (exact) mass is 1140 g/mol. The molecule has 0 saturated carbocycles. The van der Waals surface area contributed by atoms with Crippen LogP contribution in [0.5, 0.6) is 0 Å². The summed E-state index contributed by atoms with van der Waals surface area (Å²) in [7, 11) is 0. The summed E-state index contributed by atoms with van der Waals surface area (Å²) in [6.07, 6.45) is -5.46. The third-order valence-corrected chi connectivity index (χ3v) is 13.0. The fourth-order valence-corrected chi connectivity index (χ4v) is 9.43. The van der Waals surface area contributed by atoms with E-state index in [9.17, 15) is 68.4 Å².